The van der Waals surface area contributed by atoms with Crippen molar-refractivity contribution in [1.29, 1.82) is 0 Å². The summed E-state index contributed by atoms with van der Waals surface area (Å²) in [7, 11) is 2.95. The molecule has 4 rings (SSSR count). The second-order valence-electron chi connectivity index (χ2n) is 10.4. The molecule has 9 nitrogen and oxygen atoms in total. The summed E-state index contributed by atoms with van der Waals surface area (Å²) >= 11 is 0. The van der Waals surface area contributed by atoms with Crippen LogP contribution in [0.1, 0.15) is 35.4 Å². The number of piperidine rings is 1. The van der Waals surface area contributed by atoms with Gasteiger partial charge in [-0.25, -0.2) is 9.18 Å². The molecule has 1 fully saturated rings. The third-order valence-electron chi connectivity index (χ3n) is 7.46. The van der Waals surface area contributed by atoms with Crippen LogP contribution in [-0.2, 0) is 27.2 Å². The Bertz CT molecular complexity index is 1290. The van der Waals surface area contributed by atoms with Crippen LogP contribution >= 0.6 is 0 Å². The Hall–Kier alpha value is -3.86. The van der Waals surface area contributed by atoms with Gasteiger partial charge in [-0.05, 0) is 55.3 Å². The number of carbonyl (C=O) groups excluding carboxylic acids is 1. The van der Waals surface area contributed by atoms with Crippen molar-refractivity contribution in [3.8, 4) is 17.2 Å². The average Bonchev–Trinajstić information content (AvgIpc) is 3.06. The largest absolute Gasteiger partial charge is 0.496 e. The third kappa shape index (κ3) is 10.1. The van der Waals surface area contributed by atoms with Gasteiger partial charge in [0.2, 0.25) is 0 Å². The van der Waals surface area contributed by atoms with Gasteiger partial charge in [-0.2, -0.15) is 0 Å². The zero-order valence-electron chi connectivity index (χ0n) is 25.5. The number of carbonyl (C=O) groups is 1. The van der Waals surface area contributed by atoms with Crippen LogP contribution in [0.2, 0.25) is 0 Å². The fourth-order valence-corrected chi connectivity index (χ4v) is 5.18. The van der Waals surface area contributed by atoms with Crippen molar-refractivity contribution in [1.82, 2.24) is 10.6 Å². The van der Waals surface area contributed by atoms with Gasteiger partial charge in [0.1, 0.15) is 29.7 Å². The summed E-state index contributed by atoms with van der Waals surface area (Å²) in [5.41, 5.74) is 2.64. The van der Waals surface area contributed by atoms with Gasteiger partial charge in [-0.3, -0.25) is 0 Å². The fourth-order valence-electron chi connectivity index (χ4n) is 5.18. The molecule has 0 radical (unpaired) electrons. The first-order chi connectivity index (χ1) is 21.6. The van der Waals surface area contributed by atoms with Crippen molar-refractivity contribution < 1.29 is 37.6 Å². The van der Waals surface area contributed by atoms with Crippen LogP contribution in [-0.4, -0.2) is 72.5 Å². The number of nitrogens with one attached hydrogen (secondary N) is 2. The number of ether oxygens (including phenoxy) is 6. The minimum Gasteiger partial charge on any atom is -0.496 e. The average molecular weight is 611 g/mol. The van der Waals surface area contributed by atoms with E-state index in [4.69, 9.17) is 23.7 Å². The molecule has 1 aliphatic heterocycles. The Labute approximate surface area is 258 Å². The van der Waals surface area contributed by atoms with Crippen molar-refractivity contribution in [2.75, 3.05) is 60.3 Å². The molecule has 2 N–H and O–H groups in total. The fraction of sp³-hybridized carbons (Fsp3) is 0.441. The summed E-state index contributed by atoms with van der Waals surface area (Å²) in [4.78, 5) is 11.3. The summed E-state index contributed by atoms with van der Waals surface area (Å²) < 4.78 is 48.2. The van der Waals surface area contributed by atoms with E-state index in [1.165, 1.54) is 18.7 Å². The number of rotatable bonds is 17. The normalized spacial score (nSPS) is 16.2. The first-order valence-electron chi connectivity index (χ1n) is 15.1. The lowest BCUT2D eigenvalue weighted by molar-refractivity contribution is 0.00716. The molecule has 44 heavy (non-hydrogen) atoms. The molecular formula is C34H43FN2O7. The molecule has 3 aromatic carbocycles. The molecule has 0 spiro atoms. The smallest absolute Gasteiger partial charge is 0.406 e. The Kier molecular flexibility index (Phi) is 13.6. The summed E-state index contributed by atoms with van der Waals surface area (Å²) in [5.74, 6) is 1.96. The quantitative estimate of drug-likeness (QED) is 0.200. The van der Waals surface area contributed by atoms with Gasteiger partial charge < -0.3 is 39.1 Å². The van der Waals surface area contributed by atoms with Gasteiger partial charge in [0, 0.05) is 36.6 Å². The minimum atomic E-state index is -0.558. The molecule has 2 atom stereocenters. The van der Waals surface area contributed by atoms with Crippen LogP contribution in [0.25, 0.3) is 0 Å². The summed E-state index contributed by atoms with van der Waals surface area (Å²) in [5, 5.41) is 5.98. The van der Waals surface area contributed by atoms with Crippen LogP contribution in [0.5, 0.6) is 17.2 Å². The Morgan fingerprint density at radius 1 is 0.932 bits per heavy atom. The van der Waals surface area contributed by atoms with E-state index in [9.17, 15) is 9.18 Å². The molecule has 0 aliphatic carbocycles. The van der Waals surface area contributed by atoms with E-state index >= 15 is 0 Å². The molecule has 2 unspecified atom stereocenters. The van der Waals surface area contributed by atoms with Crippen LogP contribution in [0.4, 0.5) is 9.18 Å². The first kappa shape index (κ1) is 33.0. The van der Waals surface area contributed by atoms with Gasteiger partial charge in [0.25, 0.3) is 0 Å². The zero-order chi connectivity index (χ0) is 31.0. The first-order valence-corrected chi connectivity index (χ1v) is 15.1. The van der Waals surface area contributed by atoms with E-state index in [1.807, 2.05) is 36.4 Å². The van der Waals surface area contributed by atoms with Crippen molar-refractivity contribution >= 4 is 6.09 Å². The molecule has 1 saturated heterocycles. The van der Waals surface area contributed by atoms with Crippen LogP contribution in [0.3, 0.4) is 0 Å². The molecule has 1 aliphatic rings. The van der Waals surface area contributed by atoms with E-state index in [0.29, 0.717) is 37.7 Å². The highest BCUT2D eigenvalue weighted by Gasteiger charge is 2.27. The number of alkyl carbamates (subject to hydrolysis) is 1. The van der Waals surface area contributed by atoms with Crippen molar-refractivity contribution in [3.63, 3.8) is 0 Å². The lowest BCUT2D eigenvalue weighted by Crippen LogP contribution is -2.41. The molecule has 0 bridgehead atoms. The van der Waals surface area contributed by atoms with E-state index in [2.05, 4.69) is 27.5 Å². The Morgan fingerprint density at radius 2 is 1.75 bits per heavy atom. The van der Waals surface area contributed by atoms with Gasteiger partial charge >= 0.3 is 6.09 Å². The lowest BCUT2D eigenvalue weighted by atomic mass is 9.88. The number of hydrogen-bond donors (Lipinski definition) is 2. The number of amides is 1. The predicted molar refractivity (Wildman–Crippen MR) is 165 cm³/mol. The molecule has 1 heterocycles. The van der Waals surface area contributed by atoms with Gasteiger partial charge in [0.05, 0.1) is 46.8 Å². The maximum absolute atomic E-state index is 14.4. The maximum Gasteiger partial charge on any atom is 0.406 e. The van der Waals surface area contributed by atoms with Gasteiger partial charge in [0.15, 0.2) is 0 Å². The molecule has 1 amide bonds. The summed E-state index contributed by atoms with van der Waals surface area (Å²) in [6.07, 6.45) is 1.44. The maximum atomic E-state index is 14.4. The zero-order valence-corrected chi connectivity index (χ0v) is 25.5. The van der Waals surface area contributed by atoms with Gasteiger partial charge in [-0.1, -0.05) is 36.4 Å². The number of halogens is 1. The monoisotopic (exact) mass is 610 g/mol. The number of methoxy groups -OCH3 is 2. The minimum absolute atomic E-state index is 0.0178. The highest BCUT2D eigenvalue weighted by molar-refractivity contribution is 5.66. The third-order valence-corrected chi connectivity index (χ3v) is 7.46. The van der Waals surface area contributed by atoms with E-state index in [-0.39, 0.29) is 37.4 Å². The topological polar surface area (TPSA) is 96.5 Å². The van der Waals surface area contributed by atoms with Crippen LogP contribution in [0, 0.1) is 5.82 Å². The predicted octanol–water partition coefficient (Wildman–Crippen LogP) is 5.26. The lowest BCUT2D eigenvalue weighted by Gasteiger charge is -2.32. The molecule has 0 aromatic heterocycles. The molecular weight excluding hydrogens is 567 g/mol. The number of hydrogen-bond acceptors (Lipinski definition) is 8. The van der Waals surface area contributed by atoms with Crippen molar-refractivity contribution in [3.05, 3.63) is 89.2 Å². The van der Waals surface area contributed by atoms with Crippen molar-refractivity contribution in [2.45, 2.75) is 37.9 Å². The van der Waals surface area contributed by atoms with Crippen molar-refractivity contribution in [2.24, 2.45) is 0 Å². The highest BCUT2D eigenvalue weighted by Crippen LogP contribution is 2.29. The molecule has 10 heteroatoms. The number of benzene rings is 3. The summed E-state index contributed by atoms with van der Waals surface area (Å²) in [6.45, 7) is 4.20. The second kappa shape index (κ2) is 18.1. The second-order valence-corrected chi connectivity index (χ2v) is 10.4. The molecule has 238 valence electrons. The van der Waals surface area contributed by atoms with E-state index in [0.717, 1.165) is 43.0 Å². The van der Waals surface area contributed by atoms with E-state index < -0.39 is 6.09 Å². The van der Waals surface area contributed by atoms with Crippen LogP contribution < -0.4 is 24.8 Å². The SMILES string of the molecule is COC(=O)NCCc1c(F)cccc1OCCOC1CNCCC1c1ccc(OCCCOCc2ccccc2OC)cc1. The standard InChI is InChI=1S/C34H43FN2O7/c1-39-31-9-4-3-7-26(31)24-41-19-6-20-42-27-13-11-25(12-14-27)28-15-17-36-23-33(28)44-22-21-43-32-10-5-8-30(35)29(32)16-18-37-34(38)40-2/h3-5,7-14,28,33,36H,6,15-24H2,1-2H3,(H,37,38). The van der Waals surface area contributed by atoms with Gasteiger partial charge in [-0.15, -0.1) is 0 Å². The number of para-hydroxylation sites is 1. The summed E-state index contributed by atoms with van der Waals surface area (Å²) in [6, 6.07) is 20.8. The molecule has 0 saturated carbocycles. The van der Waals surface area contributed by atoms with Crippen LogP contribution in [0.15, 0.2) is 66.7 Å². The Balaban J connectivity index is 1.18. The van der Waals surface area contributed by atoms with E-state index in [1.54, 1.807) is 19.2 Å². The molecule has 3 aromatic rings. The highest BCUT2D eigenvalue weighted by atomic mass is 19.1. The Morgan fingerprint density at radius 3 is 2.57 bits per heavy atom.